The topological polar surface area (TPSA) is 148 Å². The van der Waals surface area contributed by atoms with Gasteiger partial charge in [-0.2, -0.15) is 13.5 Å². The summed E-state index contributed by atoms with van der Waals surface area (Å²) in [4.78, 5) is 28.6. The van der Waals surface area contributed by atoms with Crippen LogP contribution in [0.5, 0.6) is 0 Å². The molecule has 3 rings (SSSR count). The highest BCUT2D eigenvalue weighted by atomic mass is 32.3. The number of urea groups is 1. The Balaban J connectivity index is 1.85. The lowest BCUT2D eigenvalue weighted by Gasteiger charge is -2.22. The fourth-order valence-corrected chi connectivity index (χ4v) is 3.12. The molecule has 12 heteroatoms. The first-order chi connectivity index (χ1) is 11.2. The van der Waals surface area contributed by atoms with Crippen LogP contribution in [0, 0.1) is 0 Å². The van der Waals surface area contributed by atoms with Crippen LogP contribution in [0.3, 0.4) is 0 Å². The third kappa shape index (κ3) is 3.25. The van der Waals surface area contributed by atoms with Crippen LogP contribution < -0.4 is 5.73 Å². The van der Waals surface area contributed by atoms with Crippen LogP contribution in [0.4, 0.5) is 4.79 Å². The lowest BCUT2D eigenvalue weighted by molar-refractivity contribution is -0.118. The maximum absolute atomic E-state index is 12.1. The van der Waals surface area contributed by atoms with E-state index in [4.69, 9.17) is 10.3 Å². The molecule has 2 aliphatic rings. The molecule has 3 amide bonds. The van der Waals surface area contributed by atoms with E-state index in [0.717, 1.165) is 0 Å². The van der Waals surface area contributed by atoms with Gasteiger partial charge in [0.05, 0.1) is 6.54 Å². The lowest BCUT2D eigenvalue weighted by atomic mass is 10.1. The molecule has 0 aliphatic carbocycles. The van der Waals surface area contributed by atoms with Crippen LogP contribution in [0.1, 0.15) is 12.2 Å². The summed E-state index contributed by atoms with van der Waals surface area (Å²) in [6.45, 7) is 0.448. The first-order valence-corrected chi connectivity index (χ1v) is 8.38. The van der Waals surface area contributed by atoms with Crippen molar-refractivity contribution in [2.75, 3.05) is 13.1 Å². The Morgan fingerprint density at radius 3 is 2.92 bits per heavy atom. The minimum absolute atomic E-state index is 0.133. The molecule has 1 fully saturated rings. The van der Waals surface area contributed by atoms with E-state index in [1.165, 1.54) is 4.90 Å². The number of primary amides is 1. The zero-order chi connectivity index (χ0) is 17.5. The Labute approximate surface area is 137 Å². The molecule has 0 radical (unpaired) electrons. The van der Waals surface area contributed by atoms with Gasteiger partial charge in [0.2, 0.25) is 5.91 Å². The number of amides is 3. The summed E-state index contributed by atoms with van der Waals surface area (Å²) >= 11 is 0. The first kappa shape index (κ1) is 16.4. The molecule has 11 nitrogen and oxygen atoms in total. The Bertz CT molecular complexity index is 816. The van der Waals surface area contributed by atoms with Gasteiger partial charge in [-0.05, 0) is 6.08 Å². The molecule has 130 valence electrons. The van der Waals surface area contributed by atoms with E-state index in [1.54, 1.807) is 23.0 Å². The van der Waals surface area contributed by atoms with Crippen molar-refractivity contribution in [1.29, 1.82) is 0 Å². The molecule has 1 atom stereocenters. The van der Waals surface area contributed by atoms with Gasteiger partial charge in [0, 0.05) is 37.5 Å². The van der Waals surface area contributed by atoms with Crippen LogP contribution in [-0.2, 0) is 25.9 Å². The van der Waals surface area contributed by atoms with E-state index in [2.05, 4.69) is 9.27 Å². The molecule has 0 aromatic carbocycles. The van der Waals surface area contributed by atoms with Gasteiger partial charge in [-0.25, -0.2) is 9.78 Å². The van der Waals surface area contributed by atoms with Gasteiger partial charge in [0.25, 0.3) is 0 Å². The third-order valence-electron chi connectivity index (χ3n) is 3.70. The van der Waals surface area contributed by atoms with E-state index in [0.29, 0.717) is 23.0 Å². The molecule has 3 N–H and O–H groups in total. The van der Waals surface area contributed by atoms with Crippen molar-refractivity contribution in [3.63, 3.8) is 0 Å². The van der Waals surface area contributed by atoms with Crippen molar-refractivity contribution in [3.8, 4) is 0 Å². The van der Waals surface area contributed by atoms with Gasteiger partial charge in [-0.15, -0.1) is 4.28 Å². The van der Waals surface area contributed by atoms with Crippen molar-refractivity contribution >= 4 is 28.0 Å². The molecular weight excluding hydrogens is 342 g/mol. The number of rotatable bonds is 6. The highest BCUT2D eigenvalue weighted by Crippen LogP contribution is 2.28. The second-order valence-electron chi connectivity index (χ2n) is 5.40. The highest BCUT2D eigenvalue weighted by molar-refractivity contribution is 7.80. The molecule has 1 aromatic rings. The van der Waals surface area contributed by atoms with Crippen molar-refractivity contribution < 1.29 is 26.8 Å². The second-order valence-corrected chi connectivity index (χ2v) is 6.40. The summed E-state index contributed by atoms with van der Waals surface area (Å²) in [5.41, 5.74) is 5.82. The van der Waals surface area contributed by atoms with Gasteiger partial charge in [0.1, 0.15) is 11.9 Å². The second kappa shape index (κ2) is 5.89. The quantitative estimate of drug-likeness (QED) is 0.620. The minimum Gasteiger partial charge on any atom is -0.370 e. The Hall–Kier alpha value is -2.44. The predicted molar refractivity (Wildman–Crippen MR) is 79.2 cm³/mol. The number of hydrogen-bond acceptors (Lipinski definition) is 6. The van der Waals surface area contributed by atoms with Gasteiger partial charge in [-0.3, -0.25) is 9.35 Å². The van der Waals surface area contributed by atoms with Crippen molar-refractivity contribution in [1.82, 2.24) is 19.5 Å². The number of carbonyl (C=O) groups is 2. The largest absolute Gasteiger partial charge is 0.418 e. The van der Waals surface area contributed by atoms with Crippen LogP contribution >= 0.6 is 0 Å². The number of carbonyl (C=O) groups excluding carboxylic acids is 2. The minimum atomic E-state index is -4.80. The zero-order valence-corrected chi connectivity index (χ0v) is 13.2. The molecule has 2 aliphatic heterocycles. The summed E-state index contributed by atoms with van der Waals surface area (Å²) < 4.78 is 36.6. The number of hydrogen-bond donors (Lipinski definition) is 2. The molecular formula is C12H15N5O6S. The molecule has 1 unspecified atom stereocenters. The van der Waals surface area contributed by atoms with E-state index in [1.807, 2.05) is 0 Å². The number of aromatic nitrogens is 2. The van der Waals surface area contributed by atoms with E-state index in [-0.39, 0.29) is 19.5 Å². The summed E-state index contributed by atoms with van der Waals surface area (Å²) in [5, 5.41) is 0.613. The average Bonchev–Trinajstić information content (AvgIpc) is 3.03. The number of hydroxylamine groups is 2. The van der Waals surface area contributed by atoms with Gasteiger partial charge >= 0.3 is 16.4 Å². The normalized spacial score (nSPS) is 20.5. The van der Waals surface area contributed by atoms with Crippen LogP contribution in [-0.4, -0.2) is 63.6 Å². The van der Waals surface area contributed by atoms with E-state index < -0.39 is 28.4 Å². The maximum Gasteiger partial charge on any atom is 0.418 e. The fourth-order valence-electron chi connectivity index (χ4n) is 2.74. The maximum atomic E-state index is 12.1. The summed E-state index contributed by atoms with van der Waals surface area (Å²) in [7, 11) is -4.80. The molecule has 0 spiro atoms. The monoisotopic (exact) mass is 357 g/mol. The number of nitrogens with two attached hydrogens (primary N) is 1. The van der Waals surface area contributed by atoms with Crippen molar-refractivity contribution in [3.05, 3.63) is 24.3 Å². The standard InChI is InChI=1S/C12H15N5O6S/c13-10(18)1-2-11-14-3-4-16(11)8-5-9-7-15(6-8)12(19)17(9)23-24(20,21)22/h3-5,9H,1-2,6-7H2,(H2,13,18)(H,20,21,22). The molecule has 3 heterocycles. The Morgan fingerprint density at radius 2 is 2.25 bits per heavy atom. The SMILES string of the molecule is NC(=O)CCc1nccn1C1=CC2CN(C1)C(=O)N2OS(=O)(=O)O. The van der Waals surface area contributed by atoms with Crippen LogP contribution in [0.2, 0.25) is 0 Å². The number of nitrogens with zero attached hydrogens (tertiary/aromatic N) is 4. The zero-order valence-electron chi connectivity index (χ0n) is 12.4. The van der Waals surface area contributed by atoms with Crippen LogP contribution in [0.15, 0.2) is 18.5 Å². The lowest BCUT2D eigenvalue weighted by Crippen LogP contribution is -2.35. The van der Waals surface area contributed by atoms with E-state index in [9.17, 15) is 18.0 Å². The van der Waals surface area contributed by atoms with Crippen molar-refractivity contribution in [2.24, 2.45) is 5.73 Å². The Morgan fingerprint density at radius 1 is 1.50 bits per heavy atom. The number of imidazole rings is 1. The summed E-state index contributed by atoms with van der Waals surface area (Å²) in [6.07, 6.45) is 5.35. The van der Waals surface area contributed by atoms with Gasteiger partial charge in [0.15, 0.2) is 0 Å². The highest BCUT2D eigenvalue weighted by Gasteiger charge is 2.43. The molecule has 24 heavy (non-hydrogen) atoms. The van der Waals surface area contributed by atoms with E-state index >= 15 is 0 Å². The fraction of sp³-hybridized carbons (Fsp3) is 0.417. The van der Waals surface area contributed by atoms with Gasteiger partial charge in [-0.1, -0.05) is 0 Å². The Kier molecular flexibility index (Phi) is 4.03. The molecule has 1 aromatic heterocycles. The summed E-state index contributed by atoms with van der Waals surface area (Å²) in [6, 6.07) is -1.34. The van der Waals surface area contributed by atoms with Crippen LogP contribution in [0.25, 0.3) is 5.70 Å². The third-order valence-corrected chi connectivity index (χ3v) is 4.05. The molecule has 2 bridgehead atoms. The first-order valence-electron chi connectivity index (χ1n) is 7.01. The predicted octanol–water partition coefficient (Wildman–Crippen LogP) is -1.00. The number of fused-ring (bicyclic) bond motifs is 2. The number of aryl methyl sites for hydroxylation is 1. The average molecular weight is 357 g/mol. The smallest absolute Gasteiger partial charge is 0.370 e. The molecule has 0 saturated carbocycles. The van der Waals surface area contributed by atoms with Crippen molar-refractivity contribution in [2.45, 2.75) is 18.9 Å². The molecule has 1 saturated heterocycles. The van der Waals surface area contributed by atoms with Gasteiger partial charge < -0.3 is 15.2 Å². The summed E-state index contributed by atoms with van der Waals surface area (Å²) in [5.74, 6) is 0.145.